The van der Waals surface area contributed by atoms with E-state index in [2.05, 4.69) is 15.4 Å². The van der Waals surface area contributed by atoms with Crippen LogP contribution < -0.4 is 16.2 Å². The van der Waals surface area contributed by atoms with E-state index < -0.39 is 0 Å². The van der Waals surface area contributed by atoms with Crippen LogP contribution in [0.3, 0.4) is 0 Å². The molecule has 0 aliphatic rings. The van der Waals surface area contributed by atoms with Crippen molar-refractivity contribution in [1.82, 2.24) is 9.97 Å². The molecule has 0 radical (unpaired) electrons. The van der Waals surface area contributed by atoms with Crippen LogP contribution in [0.1, 0.15) is 18.1 Å². The lowest BCUT2D eigenvalue weighted by molar-refractivity contribution is 0.627. The first kappa shape index (κ1) is 14.2. The number of nitrogens with one attached hydrogen (secondary N) is 1. The molecule has 6 heteroatoms. The highest BCUT2D eigenvalue weighted by Crippen LogP contribution is 2.23. The van der Waals surface area contributed by atoms with Crippen LogP contribution in [0.25, 0.3) is 0 Å². The van der Waals surface area contributed by atoms with Gasteiger partial charge in [-0.25, -0.2) is 20.2 Å². The molecule has 1 heterocycles. The maximum atomic E-state index is 12.9. The number of nitrogens with zero attached hydrogens (tertiary/aromatic N) is 3. The minimum atomic E-state index is -0.234. The summed E-state index contributed by atoms with van der Waals surface area (Å²) >= 11 is 0. The minimum Gasteiger partial charge on any atom is -0.355 e. The number of rotatable bonds is 5. The molecule has 2 aromatic rings. The van der Waals surface area contributed by atoms with E-state index in [1.807, 2.05) is 18.9 Å². The molecule has 0 aliphatic carbocycles. The van der Waals surface area contributed by atoms with Crippen LogP contribution >= 0.6 is 0 Å². The first-order valence-electron chi connectivity index (χ1n) is 6.41. The molecule has 0 fully saturated rings. The Hall–Kier alpha value is -2.21. The third-order valence-electron chi connectivity index (χ3n) is 3.11. The average Bonchev–Trinajstić information content (AvgIpc) is 2.48. The van der Waals surface area contributed by atoms with E-state index in [1.54, 1.807) is 12.1 Å². The molecule has 0 aliphatic heterocycles. The number of nitrogen functional groups attached to an aromatic ring is 1. The fourth-order valence-electron chi connectivity index (χ4n) is 2.12. The van der Waals surface area contributed by atoms with E-state index in [4.69, 9.17) is 5.84 Å². The van der Waals surface area contributed by atoms with Crippen molar-refractivity contribution in [2.75, 3.05) is 17.4 Å². The van der Waals surface area contributed by atoms with Gasteiger partial charge in [0.1, 0.15) is 23.8 Å². The van der Waals surface area contributed by atoms with Crippen LogP contribution in [-0.4, -0.2) is 17.0 Å². The Bertz CT molecular complexity index is 570. The van der Waals surface area contributed by atoms with E-state index in [0.717, 1.165) is 23.4 Å². The van der Waals surface area contributed by atoms with Gasteiger partial charge >= 0.3 is 0 Å². The molecule has 106 valence electrons. The molecular formula is C14H18FN5. The van der Waals surface area contributed by atoms with Gasteiger partial charge in [-0.1, -0.05) is 19.1 Å². The van der Waals surface area contributed by atoms with Crippen LogP contribution in [0.15, 0.2) is 30.6 Å². The number of halogens is 1. The highest BCUT2D eigenvalue weighted by Gasteiger charge is 2.13. The molecule has 3 N–H and O–H groups in total. The summed E-state index contributed by atoms with van der Waals surface area (Å²) in [7, 11) is 1.94. The lowest BCUT2D eigenvalue weighted by Crippen LogP contribution is -2.21. The summed E-state index contributed by atoms with van der Waals surface area (Å²) in [5, 5.41) is 0. The molecule has 20 heavy (non-hydrogen) atoms. The zero-order valence-corrected chi connectivity index (χ0v) is 11.6. The first-order valence-corrected chi connectivity index (χ1v) is 6.41. The van der Waals surface area contributed by atoms with Gasteiger partial charge in [0, 0.05) is 19.2 Å². The number of nitrogens with two attached hydrogens (primary N) is 1. The second-order valence-electron chi connectivity index (χ2n) is 4.50. The second kappa shape index (κ2) is 6.29. The predicted molar refractivity (Wildman–Crippen MR) is 77.7 cm³/mol. The molecular weight excluding hydrogens is 257 g/mol. The Balaban J connectivity index is 2.24. The van der Waals surface area contributed by atoms with Crippen molar-refractivity contribution < 1.29 is 4.39 Å². The first-order chi connectivity index (χ1) is 9.65. The van der Waals surface area contributed by atoms with Gasteiger partial charge in [0.15, 0.2) is 0 Å². The molecule has 2 rings (SSSR count). The quantitative estimate of drug-likeness (QED) is 0.646. The number of hydrazine groups is 1. The number of hydrogen-bond donors (Lipinski definition) is 2. The Morgan fingerprint density at radius 2 is 1.95 bits per heavy atom. The van der Waals surface area contributed by atoms with Crippen molar-refractivity contribution >= 4 is 11.6 Å². The summed E-state index contributed by atoms with van der Waals surface area (Å²) in [6, 6.07) is 6.44. The van der Waals surface area contributed by atoms with Gasteiger partial charge < -0.3 is 10.3 Å². The molecule has 0 spiro atoms. The van der Waals surface area contributed by atoms with E-state index >= 15 is 0 Å². The highest BCUT2D eigenvalue weighted by molar-refractivity contribution is 5.58. The third kappa shape index (κ3) is 3.03. The van der Waals surface area contributed by atoms with Crippen molar-refractivity contribution in [2.45, 2.75) is 19.9 Å². The van der Waals surface area contributed by atoms with Gasteiger partial charge in [-0.15, -0.1) is 0 Å². The molecule has 1 aromatic heterocycles. The smallest absolute Gasteiger partial charge is 0.148 e. The summed E-state index contributed by atoms with van der Waals surface area (Å²) in [6.45, 7) is 2.66. The molecule has 1 aromatic carbocycles. The number of benzene rings is 1. The Morgan fingerprint density at radius 1 is 1.25 bits per heavy atom. The molecule has 5 nitrogen and oxygen atoms in total. The molecule has 0 bridgehead atoms. The summed E-state index contributed by atoms with van der Waals surface area (Å²) in [5.74, 6) is 6.68. The van der Waals surface area contributed by atoms with Gasteiger partial charge in [-0.3, -0.25) is 0 Å². The van der Waals surface area contributed by atoms with E-state index in [9.17, 15) is 4.39 Å². The minimum absolute atomic E-state index is 0.234. The molecule has 0 unspecified atom stereocenters. The summed E-state index contributed by atoms with van der Waals surface area (Å²) in [4.78, 5) is 10.4. The summed E-state index contributed by atoms with van der Waals surface area (Å²) in [6.07, 6.45) is 2.24. The second-order valence-corrected chi connectivity index (χ2v) is 4.50. The largest absolute Gasteiger partial charge is 0.355 e. The normalized spacial score (nSPS) is 10.4. The monoisotopic (exact) mass is 275 g/mol. The SMILES string of the molecule is CCc1c(NN)ncnc1N(C)Cc1ccc(F)cc1. The lowest BCUT2D eigenvalue weighted by Gasteiger charge is -2.22. The molecule has 0 saturated carbocycles. The number of anilines is 2. The fraction of sp³-hybridized carbons (Fsp3) is 0.286. The Labute approximate surface area is 117 Å². The van der Waals surface area contributed by atoms with E-state index in [-0.39, 0.29) is 5.82 Å². The highest BCUT2D eigenvalue weighted by atomic mass is 19.1. The standard InChI is InChI=1S/C14H18FN5/c1-3-12-13(19-16)17-9-18-14(12)20(2)8-10-4-6-11(15)7-5-10/h4-7,9H,3,8,16H2,1-2H3,(H,17,18,19). The average molecular weight is 275 g/mol. The van der Waals surface area contributed by atoms with Gasteiger partial charge in [0.25, 0.3) is 0 Å². The van der Waals surface area contributed by atoms with Crippen molar-refractivity contribution in [1.29, 1.82) is 0 Å². The summed E-state index contributed by atoms with van der Waals surface area (Å²) in [5.41, 5.74) is 4.55. The van der Waals surface area contributed by atoms with Crippen molar-refractivity contribution in [2.24, 2.45) is 5.84 Å². The van der Waals surface area contributed by atoms with Crippen LogP contribution in [-0.2, 0) is 13.0 Å². The third-order valence-corrected chi connectivity index (χ3v) is 3.11. The van der Waals surface area contributed by atoms with Crippen molar-refractivity contribution in [3.63, 3.8) is 0 Å². The van der Waals surface area contributed by atoms with Crippen molar-refractivity contribution in [3.8, 4) is 0 Å². The van der Waals surface area contributed by atoms with Crippen LogP contribution in [0.4, 0.5) is 16.0 Å². The van der Waals surface area contributed by atoms with Gasteiger partial charge in [0.2, 0.25) is 0 Å². The maximum Gasteiger partial charge on any atom is 0.148 e. The Morgan fingerprint density at radius 3 is 2.55 bits per heavy atom. The zero-order valence-electron chi connectivity index (χ0n) is 11.6. The van der Waals surface area contributed by atoms with Gasteiger partial charge in [-0.05, 0) is 24.1 Å². The predicted octanol–water partition coefficient (Wildman–Crippen LogP) is 2.10. The topological polar surface area (TPSA) is 67.1 Å². The Kier molecular flexibility index (Phi) is 4.47. The summed E-state index contributed by atoms with van der Waals surface area (Å²) < 4.78 is 12.9. The molecule has 0 amide bonds. The lowest BCUT2D eigenvalue weighted by atomic mass is 10.1. The van der Waals surface area contributed by atoms with Crippen LogP contribution in [0.5, 0.6) is 0 Å². The fourth-order valence-corrected chi connectivity index (χ4v) is 2.12. The van der Waals surface area contributed by atoms with E-state index in [1.165, 1.54) is 18.5 Å². The molecule has 0 atom stereocenters. The van der Waals surface area contributed by atoms with E-state index in [0.29, 0.717) is 12.4 Å². The van der Waals surface area contributed by atoms with Crippen LogP contribution in [0, 0.1) is 5.82 Å². The number of aromatic nitrogens is 2. The zero-order chi connectivity index (χ0) is 14.5. The van der Waals surface area contributed by atoms with Gasteiger partial charge in [-0.2, -0.15) is 0 Å². The molecule has 0 saturated heterocycles. The maximum absolute atomic E-state index is 12.9. The van der Waals surface area contributed by atoms with Crippen LogP contribution in [0.2, 0.25) is 0 Å². The number of hydrogen-bond acceptors (Lipinski definition) is 5. The van der Waals surface area contributed by atoms with Gasteiger partial charge in [0.05, 0.1) is 0 Å². The van der Waals surface area contributed by atoms with Crippen molar-refractivity contribution in [3.05, 3.63) is 47.5 Å².